The fraction of sp³-hybridized carbons (Fsp3) is 0.867. The van der Waals surface area contributed by atoms with E-state index in [1.54, 1.807) is 6.33 Å². The number of aromatic nitrogens is 3. The first-order valence-corrected chi connectivity index (χ1v) is 7.79. The first-order chi connectivity index (χ1) is 9.20. The number of aryl methyl sites for hydroxylation is 1. The fourth-order valence-corrected chi connectivity index (χ4v) is 5.52. The molecule has 1 aromatic heterocycles. The van der Waals surface area contributed by atoms with Crippen molar-refractivity contribution in [3.05, 3.63) is 12.2 Å². The van der Waals surface area contributed by atoms with Crippen molar-refractivity contribution in [3.8, 4) is 0 Å². The first-order valence-electron chi connectivity index (χ1n) is 7.79. The second kappa shape index (κ2) is 4.30. The predicted octanol–water partition coefficient (Wildman–Crippen LogP) is 1.76. The van der Waals surface area contributed by atoms with Gasteiger partial charge in [0.05, 0.1) is 0 Å². The molecule has 0 aliphatic heterocycles. The van der Waals surface area contributed by atoms with Gasteiger partial charge in [-0.15, -0.1) is 0 Å². The minimum atomic E-state index is 0.276. The molecule has 1 atom stereocenters. The highest BCUT2D eigenvalue weighted by atomic mass is 15.3. The third-order valence-electron chi connectivity index (χ3n) is 6.02. The Bertz CT molecular complexity index is 438. The summed E-state index contributed by atoms with van der Waals surface area (Å²) < 4.78 is 1.87. The fourth-order valence-electron chi connectivity index (χ4n) is 5.52. The van der Waals surface area contributed by atoms with E-state index in [1.165, 1.54) is 32.1 Å². The lowest BCUT2D eigenvalue weighted by molar-refractivity contribution is -0.0467. The molecule has 0 spiro atoms. The standard InChI is InChI=1S/C15H24N4/c1-19-14(17-8-18-19)7-13(16)15-11-3-9-2-10(5-11)6-12(15)4-9/h8-13,15H,2-7,16H2,1H3. The topological polar surface area (TPSA) is 56.7 Å². The predicted molar refractivity (Wildman–Crippen MR) is 73.2 cm³/mol. The molecule has 1 aromatic rings. The van der Waals surface area contributed by atoms with E-state index in [0.717, 1.165) is 41.8 Å². The molecule has 4 nitrogen and oxygen atoms in total. The summed E-state index contributed by atoms with van der Waals surface area (Å²) in [6.45, 7) is 0. The Morgan fingerprint density at radius 1 is 1.21 bits per heavy atom. The molecule has 4 saturated carbocycles. The van der Waals surface area contributed by atoms with Crippen molar-refractivity contribution in [1.82, 2.24) is 14.8 Å². The Kier molecular flexibility index (Phi) is 2.69. The van der Waals surface area contributed by atoms with Crippen molar-refractivity contribution in [1.29, 1.82) is 0 Å². The average molecular weight is 260 g/mol. The van der Waals surface area contributed by atoms with Crippen molar-refractivity contribution in [3.63, 3.8) is 0 Å². The zero-order valence-electron chi connectivity index (χ0n) is 11.7. The highest BCUT2D eigenvalue weighted by molar-refractivity contribution is 5.03. The van der Waals surface area contributed by atoms with Gasteiger partial charge >= 0.3 is 0 Å². The molecule has 0 radical (unpaired) electrons. The van der Waals surface area contributed by atoms with Gasteiger partial charge in [0.1, 0.15) is 12.2 Å². The summed E-state index contributed by atoms with van der Waals surface area (Å²) in [5.41, 5.74) is 6.58. The van der Waals surface area contributed by atoms with Crippen molar-refractivity contribution >= 4 is 0 Å². The van der Waals surface area contributed by atoms with Gasteiger partial charge in [0.25, 0.3) is 0 Å². The monoisotopic (exact) mass is 260 g/mol. The average Bonchev–Trinajstić information content (AvgIpc) is 2.73. The van der Waals surface area contributed by atoms with Crippen LogP contribution in [0.25, 0.3) is 0 Å². The summed E-state index contributed by atoms with van der Waals surface area (Å²) in [5.74, 6) is 5.64. The molecule has 4 heteroatoms. The maximum absolute atomic E-state index is 6.58. The van der Waals surface area contributed by atoms with Crippen molar-refractivity contribution in [2.45, 2.75) is 44.6 Å². The first kappa shape index (κ1) is 11.9. The Balaban J connectivity index is 1.51. The highest BCUT2D eigenvalue weighted by Gasteiger charge is 2.49. The second-order valence-electron chi connectivity index (χ2n) is 7.18. The van der Waals surface area contributed by atoms with Gasteiger partial charge in [-0.3, -0.25) is 4.68 Å². The number of hydrogen-bond acceptors (Lipinski definition) is 3. The molecule has 1 unspecified atom stereocenters. The molecule has 2 N–H and O–H groups in total. The van der Waals surface area contributed by atoms with E-state index in [0.29, 0.717) is 0 Å². The van der Waals surface area contributed by atoms with Gasteiger partial charge in [-0.05, 0) is 61.7 Å². The molecule has 0 saturated heterocycles. The molecule has 5 rings (SSSR count). The smallest absolute Gasteiger partial charge is 0.138 e. The summed E-state index contributed by atoms with van der Waals surface area (Å²) in [6, 6.07) is 0.276. The van der Waals surface area contributed by atoms with Crippen LogP contribution in [0.3, 0.4) is 0 Å². The molecular formula is C15H24N4. The number of hydrogen-bond donors (Lipinski definition) is 1. The number of nitrogens with two attached hydrogens (primary N) is 1. The Labute approximate surface area is 114 Å². The lowest BCUT2D eigenvalue weighted by Crippen LogP contribution is -2.52. The summed E-state index contributed by atoms with van der Waals surface area (Å²) in [4.78, 5) is 4.34. The molecule has 0 aromatic carbocycles. The molecule has 4 fully saturated rings. The van der Waals surface area contributed by atoms with E-state index < -0.39 is 0 Å². The van der Waals surface area contributed by atoms with E-state index >= 15 is 0 Å². The molecule has 19 heavy (non-hydrogen) atoms. The number of rotatable bonds is 3. The zero-order chi connectivity index (χ0) is 13.0. The second-order valence-corrected chi connectivity index (χ2v) is 7.18. The molecule has 104 valence electrons. The van der Waals surface area contributed by atoms with Crippen LogP contribution >= 0.6 is 0 Å². The summed E-state index contributed by atoms with van der Waals surface area (Å²) >= 11 is 0. The molecule has 1 heterocycles. The van der Waals surface area contributed by atoms with Crippen LogP contribution in [0.15, 0.2) is 6.33 Å². The van der Waals surface area contributed by atoms with Crippen LogP contribution in [-0.2, 0) is 13.5 Å². The van der Waals surface area contributed by atoms with Gasteiger partial charge in [-0.2, -0.15) is 5.10 Å². The third kappa shape index (κ3) is 1.92. The van der Waals surface area contributed by atoms with Crippen LogP contribution in [0.1, 0.15) is 37.9 Å². The molecular weight excluding hydrogens is 236 g/mol. The van der Waals surface area contributed by atoms with Gasteiger partial charge in [0.15, 0.2) is 0 Å². The van der Waals surface area contributed by atoms with Crippen LogP contribution in [0, 0.1) is 29.6 Å². The van der Waals surface area contributed by atoms with Gasteiger partial charge in [0, 0.05) is 19.5 Å². The molecule has 4 bridgehead atoms. The maximum atomic E-state index is 6.58. The Morgan fingerprint density at radius 3 is 2.37 bits per heavy atom. The Morgan fingerprint density at radius 2 is 1.84 bits per heavy atom. The van der Waals surface area contributed by atoms with E-state index in [4.69, 9.17) is 5.73 Å². The lowest BCUT2D eigenvalue weighted by Gasteiger charge is -2.56. The quantitative estimate of drug-likeness (QED) is 0.901. The minimum absolute atomic E-state index is 0.276. The van der Waals surface area contributed by atoms with Crippen molar-refractivity contribution < 1.29 is 0 Å². The van der Waals surface area contributed by atoms with Crippen molar-refractivity contribution in [2.75, 3.05) is 0 Å². The highest BCUT2D eigenvalue weighted by Crippen LogP contribution is 2.57. The van der Waals surface area contributed by atoms with Crippen LogP contribution in [-0.4, -0.2) is 20.8 Å². The van der Waals surface area contributed by atoms with E-state index in [9.17, 15) is 0 Å². The lowest BCUT2D eigenvalue weighted by atomic mass is 9.50. The van der Waals surface area contributed by atoms with Gasteiger partial charge in [0.2, 0.25) is 0 Å². The van der Waals surface area contributed by atoms with Crippen LogP contribution in [0.5, 0.6) is 0 Å². The maximum Gasteiger partial charge on any atom is 0.138 e. The molecule has 0 amide bonds. The third-order valence-corrected chi connectivity index (χ3v) is 6.02. The van der Waals surface area contributed by atoms with Crippen LogP contribution in [0.2, 0.25) is 0 Å². The molecule has 4 aliphatic carbocycles. The number of nitrogens with zero attached hydrogens (tertiary/aromatic N) is 3. The largest absolute Gasteiger partial charge is 0.327 e. The normalized spacial score (nSPS) is 41.7. The van der Waals surface area contributed by atoms with Gasteiger partial charge in [-0.1, -0.05) is 0 Å². The van der Waals surface area contributed by atoms with Gasteiger partial charge < -0.3 is 5.73 Å². The SMILES string of the molecule is Cn1ncnc1CC(N)C1C2CC3CC(C2)CC1C3. The molecule has 4 aliphatic rings. The summed E-state index contributed by atoms with van der Waals surface area (Å²) in [5, 5.41) is 4.16. The van der Waals surface area contributed by atoms with Crippen LogP contribution < -0.4 is 5.73 Å². The van der Waals surface area contributed by atoms with Crippen molar-refractivity contribution in [2.24, 2.45) is 42.4 Å². The van der Waals surface area contributed by atoms with Gasteiger partial charge in [-0.25, -0.2) is 4.98 Å². The van der Waals surface area contributed by atoms with E-state index in [2.05, 4.69) is 10.1 Å². The van der Waals surface area contributed by atoms with Crippen LogP contribution in [0.4, 0.5) is 0 Å². The summed E-state index contributed by atoms with van der Waals surface area (Å²) in [7, 11) is 1.96. The summed E-state index contributed by atoms with van der Waals surface area (Å²) in [6.07, 6.45) is 9.84. The van der Waals surface area contributed by atoms with E-state index in [1.807, 2.05) is 11.7 Å². The van der Waals surface area contributed by atoms with E-state index in [-0.39, 0.29) is 6.04 Å². The Hall–Kier alpha value is -0.900. The minimum Gasteiger partial charge on any atom is -0.327 e. The zero-order valence-corrected chi connectivity index (χ0v) is 11.7.